The van der Waals surface area contributed by atoms with Gasteiger partial charge in [-0.1, -0.05) is 30.7 Å². The van der Waals surface area contributed by atoms with Crippen molar-refractivity contribution in [2.45, 2.75) is 51.6 Å². The van der Waals surface area contributed by atoms with Crippen LogP contribution in [0.1, 0.15) is 44.6 Å². The van der Waals surface area contributed by atoms with Crippen molar-refractivity contribution < 1.29 is 4.79 Å². The number of rotatable bonds is 6. The van der Waals surface area contributed by atoms with Gasteiger partial charge in [-0.25, -0.2) is 0 Å². The van der Waals surface area contributed by atoms with Gasteiger partial charge in [-0.05, 0) is 43.4 Å². The SMILES string of the molecule is CCC1CCCCN1C(=O)CCNCc1ccc(Cl)cc1. The maximum atomic E-state index is 12.3. The number of likely N-dealkylation sites (tertiary alicyclic amines) is 1. The van der Waals surface area contributed by atoms with Crippen molar-refractivity contribution in [3.8, 4) is 0 Å². The highest BCUT2D eigenvalue weighted by Gasteiger charge is 2.24. The lowest BCUT2D eigenvalue weighted by Crippen LogP contribution is -2.44. The van der Waals surface area contributed by atoms with Gasteiger partial charge in [0.25, 0.3) is 0 Å². The zero-order chi connectivity index (χ0) is 15.1. The predicted molar refractivity (Wildman–Crippen MR) is 87.4 cm³/mol. The zero-order valence-electron chi connectivity index (χ0n) is 12.8. The molecule has 1 saturated heterocycles. The lowest BCUT2D eigenvalue weighted by Gasteiger charge is -2.35. The summed E-state index contributed by atoms with van der Waals surface area (Å²) in [7, 11) is 0. The molecule has 4 heteroatoms. The minimum atomic E-state index is 0.296. The molecule has 2 rings (SSSR count). The molecule has 1 aromatic carbocycles. The summed E-state index contributed by atoms with van der Waals surface area (Å²) in [6.07, 6.45) is 5.24. The second-order valence-corrected chi connectivity index (χ2v) is 6.13. The highest BCUT2D eigenvalue weighted by Crippen LogP contribution is 2.20. The molecule has 0 spiro atoms. The summed E-state index contributed by atoms with van der Waals surface area (Å²) in [6.45, 7) is 4.62. The van der Waals surface area contributed by atoms with E-state index in [0.29, 0.717) is 18.4 Å². The number of benzene rings is 1. The topological polar surface area (TPSA) is 32.3 Å². The molecule has 0 aromatic heterocycles. The maximum absolute atomic E-state index is 12.3. The lowest BCUT2D eigenvalue weighted by molar-refractivity contribution is -0.134. The second-order valence-electron chi connectivity index (χ2n) is 5.70. The quantitative estimate of drug-likeness (QED) is 0.814. The summed E-state index contributed by atoms with van der Waals surface area (Å²) in [5, 5.41) is 4.09. The predicted octanol–water partition coefficient (Wildman–Crippen LogP) is 3.61. The standard InChI is InChI=1S/C17H25ClN2O/c1-2-16-5-3-4-12-20(16)17(21)10-11-19-13-14-6-8-15(18)9-7-14/h6-9,16,19H,2-5,10-13H2,1H3. The molecule has 0 radical (unpaired) electrons. The molecule has 21 heavy (non-hydrogen) atoms. The molecule has 1 amide bonds. The Morgan fingerprint density at radius 2 is 2.10 bits per heavy atom. The number of piperidine rings is 1. The summed E-state index contributed by atoms with van der Waals surface area (Å²) in [5.41, 5.74) is 1.19. The van der Waals surface area contributed by atoms with Crippen molar-refractivity contribution in [1.82, 2.24) is 10.2 Å². The molecule has 1 atom stereocenters. The van der Waals surface area contributed by atoms with Gasteiger partial charge in [-0.3, -0.25) is 4.79 Å². The van der Waals surface area contributed by atoms with Gasteiger partial charge < -0.3 is 10.2 Å². The Labute approximate surface area is 132 Å². The molecule has 1 fully saturated rings. The van der Waals surface area contributed by atoms with Gasteiger partial charge in [-0.15, -0.1) is 0 Å². The first kappa shape index (κ1) is 16.3. The minimum absolute atomic E-state index is 0.296. The Hall–Kier alpha value is -1.06. The van der Waals surface area contributed by atoms with Gasteiger partial charge in [0, 0.05) is 37.1 Å². The van der Waals surface area contributed by atoms with Gasteiger partial charge in [0.1, 0.15) is 0 Å². The van der Waals surface area contributed by atoms with Gasteiger partial charge >= 0.3 is 0 Å². The van der Waals surface area contributed by atoms with Crippen LogP contribution >= 0.6 is 11.6 Å². The van der Waals surface area contributed by atoms with E-state index in [1.54, 1.807) is 0 Å². The van der Waals surface area contributed by atoms with Gasteiger partial charge in [0.15, 0.2) is 0 Å². The van der Waals surface area contributed by atoms with Crippen LogP contribution in [0.2, 0.25) is 5.02 Å². The molecule has 1 N–H and O–H groups in total. The first-order valence-corrected chi connectivity index (χ1v) is 8.33. The molecule has 116 valence electrons. The summed E-state index contributed by atoms with van der Waals surface area (Å²) in [6, 6.07) is 8.26. The number of carbonyl (C=O) groups is 1. The normalized spacial score (nSPS) is 18.8. The lowest BCUT2D eigenvalue weighted by atomic mass is 9.99. The van der Waals surface area contributed by atoms with Crippen LogP contribution in [0.15, 0.2) is 24.3 Å². The second kappa shape index (κ2) is 8.40. The molecule has 3 nitrogen and oxygen atoms in total. The van der Waals surface area contributed by atoms with Crippen LogP contribution in [0.5, 0.6) is 0 Å². The van der Waals surface area contributed by atoms with Crippen LogP contribution in [0, 0.1) is 0 Å². The summed E-state index contributed by atoms with van der Waals surface area (Å²) < 4.78 is 0. The molecule has 1 heterocycles. The van der Waals surface area contributed by atoms with Crippen LogP contribution in [-0.2, 0) is 11.3 Å². The molecule has 0 bridgehead atoms. The molecular weight excluding hydrogens is 284 g/mol. The van der Waals surface area contributed by atoms with E-state index in [-0.39, 0.29) is 0 Å². The van der Waals surface area contributed by atoms with Crippen molar-refractivity contribution >= 4 is 17.5 Å². The smallest absolute Gasteiger partial charge is 0.224 e. The monoisotopic (exact) mass is 308 g/mol. The molecule has 0 saturated carbocycles. The Balaban J connectivity index is 1.70. The van der Waals surface area contributed by atoms with Crippen LogP contribution in [0.25, 0.3) is 0 Å². The van der Waals surface area contributed by atoms with Crippen molar-refractivity contribution in [3.05, 3.63) is 34.9 Å². The third kappa shape index (κ3) is 5.01. The molecule has 1 unspecified atom stereocenters. The van der Waals surface area contributed by atoms with E-state index >= 15 is 0 Å². The molecule has 1 aliphatic heterocycles. The van der Waals surface area contributed by atoms with E-state index in [9.17, 15) is 4.79 Å². The Bertz CT molecular complexity index is 447. The Morgan fingerprint density at radius 1 is 1.33 bits per heavy atom. The van der Waals surface area contributed by atoms with Crippen LogP contribution in [0.4, 0.5) is 0 Å². The first-order valence-electron chi connectivity index (χ1n) is 7.95. The molecule has 1 aliphatic rings. The fourth-order valence-corrected chi connectivity index (χ4v) is 3.05. The van der Waals surface area contributed by atoms with E-state index in [1.807, 2.05) is 24.3 Å². The average molecular weight is 309 g/mol. The third-order valence-corrected chi connectivity index (χ3v) is 4.43. The van der Waals surface area contributed by atoms with E-state index in [4.69, 9.17) is 11.6 Å². The number of nitrogens with zero attached hydrogens (tertiary/aromatic N) is 1. The van der Waals surface area contributed by atoms with E-state index in [2.05, 4.69) is 17.1 Å². The number of amides is 1. The number of hydrogen-bond acceptors (Lipinski definition) is 2. The van der Waals surface area contributed by atoms with Crippen molar-refractivity contribution in [1.29, 1.82) is 0 Å². The minimum Gasteiger partial charge on any atom is -0.340 e. The number of carbonyl (C=O) groups excluding carboxylic acids is 1. The number of nitrogens with one attached hydrogen (secondary N) is 1. The van der Waals surface area contributed by atoms with Gasteiger partial charge in [0.2, 0.25) is 5.91 Å². The van der Waals surface area contributed by atoms with Crippen LogP contribution < -0.4 is 5.32 Å². The summed E-state index contributed by atoms with van der Waals surface area (Å²) in [5.74, 6) is 0.296. The van der Waals surface area contributed by atoms with Gasteiger partial charge in [-0.2, -0.15) is 0 Å². The Kier molecular flexibility index (Phi) is 6.52. The largest absolute Gasteiger partial charge is 0.340 e. The van der Waals surface area contributed by atoms with E-state index < -0.39 is 0 Å². The van der Waals surface area contributed by atoms with E-state index in [1.165, 1.54) is 18.4 Å². The molecule has 0 aliphatic carbocycles. The third-order valence-electron chi connectivity index (χ3n) is 4.18. The fourth-order valence-electron chi connectivity index (χ4n) is 2.93. The average Bonchev–Trinajstić information content (AvgIpc) is 2.53. The number of halogens is 1. The first-order chi connectivity index (χ1) is 10.2. The van der Waals surface area contributed by atoms with Crippen molar-refractivity contribution in [3.63, 3.8) is 0 Å². The fraction of sp³-hybridized carbons (Fsp3) is 0.588. The van der Waals surface area contributed by atoms with Crippen LogP contribution in [0.3, 0.4) is 0 Å². The maximum Gasteiger partial charge on any atom is 0.224 e. The summed E-state index contributed by atoms with van der Waals surface area (Å²) in [4.78, 5) is 14.4. The van der Waals surface area contributed by atoms with Crippen molar-refractivity contribution in [2.75, 3.05) is 13.1 Å². The van der Waals surface area contributed by atoms with Gasteiger partial charge in [0.05, 0.1) is 0 Å². The van der Waals surface area contributed by atoms with E-state index in [0.717, 1.165) is 37.5 Å². The Morgan fingerprint density at radius 3 is 2.81 bits per heavy atom. The molecule has 1 aromatic rings. The number of hydrogen-bond donors (Lipinski definition) is 1. The highest BCUT2D eigenvalue weighted by molar-refractivity contribution is 6.30. The highest BCUT2D eigenvalue weighted by atomic mass is 35.5. The zero-order valence-corrected chi connectivity index (χ0v) is 13.5. The summed E-state index contributed by atoms with van der Waals surface area (Å²) >= 11 is 5.86. The molecular formula is C17H25ClN2O. The van der Waals surface area contributed by atoms with Crippen molar-refractivity contribution in [2.24, 2.45) is 0 Å². The van der Waals surface area contributed by atoms with Crippen LogP contribution in [-0.4, -0.2) is 29.9 Å².